The predicted molar refractivity (Wildman–Crippen MR) is 73.6 cm³/mol. The number of hydrogen-bond acceptors (Lipinski definition) is 2. The zero-order valence-corrected chi connectivity index (χ0v) is 11.5. The quantitative estimate of drug-likeness (QED) is 0.783. The largest absolute Gasteiger partial charge is 0.496 e. The molecule has 2 unspecified atom stereocenters. The molecule has 0 aliphatic rings. The predicted octanol–water partition coefficient (Wildman–Crippen LogP) is 3.26. The number of rotatable bonds is 7. The van der Waals surface area contributed by atoms with E-state index in [-0.39, 0.29) is 0 Å². The summed E-state index contributed by atoms with van der Waals surface area (Å²) in [4.78, 5) is 0. The van der Waals surface area contributed by atoms with E-state index in [9.17, 15) is 0 Å². The van der Waals surface area contributed by atoms with Gasteiger partial charge >= 0.3 is 0 Å². The molecule has 1 aromatic carbocycles. The molecule has 1 rings (SSSR count). The molecule has 0 spiro atoms. The van der Waals surface area contributed by atoms with Crippen molar-refractivity contribution < 1.29 is 4.74 Å². The number of hydrogen-bond donors (Lipinski definition) is 1. The first-order valence-electron chi connectivity index (χ1n) is 6.54. The molecule has 0 aromatic heterocycles. The summed E-state index contributed by atoms with van der Waals surface area (Å²) in [7, 11) is 1.74. The van der Waals surface area contributed by atoms with E-state index in [2.05, 4.69) is 38.2 Å². The van der Waals surface area contributed by atoms with Crippen molar-refractivity contribution in [1.82, 2.24) is 5.32 Å². The fraction of sp³-hybridized carbons (Fsp3) is 0.600. The van der Waals surface area contributed by atoms with Crippen LogP contribution in [0.3, 0.4) is 0 Å². The second kappa shape index (κ2) is 7.33. The van der Waals surface area contributed by atoms with Crippen molar-refractivity contribution in [2.75, 3.05) is 13.7 Å². The van der Waals surface area contributed by atoms with E-state index in [1.165, 1.54) is 12.0 Å². The standard InChI is InChI=1S/C15H25NO/c1-5-10-16-13(3)12(2)11-14-8-6-7-9-15(14)17-4/h6-9,12-13,16H,5,10-11H2,1-4H3. The molecule has 0 saturated heterocycles. The van der Waals surface area contributed by atoms with Gasteiger partial charge < -0.3 is 10.1 Å². The Bertz CT molecular complexity index is 324. The first-order valence-corrected chi connectivity index (χ1v) is 6.54. The lowest BCUT2D eigenvalue weighted by molar-refractivity contribution is 0.380. The third kappa shape index (κ3) is 4.39. The Labute approximate surface area is 105 Å². The number of benzene rings is 1. The lowest BCUT2D eigenvalue weighted by atomic mass is 9.94. The molecule has 2 nitrogen and oxygen atoms in total. The van der Waals surface area contributed by atoms with Crippen LogP contribution < -0.4 is 10.1 Å². The van der Waals surface area contributed by atoms with E-state index in [0.29, 0.717) is 12.0 Å². The van der Waals surface area contributed by atoms with Crippen molar-refractivity contribution in [2.24, 2.45) is 5.92 Å². The van der Waals surface area contributed by atoms with Crippen LogP contribution in [0.25, 0.3) is 0 Å². The van der Waals surface area contributed by atoms with Crippen molar-refractivity contribution in [2.45, 2.75) is 39.7 Å². The van der Waals surface area contributed by atoms with E-state index in [1.54, 1.807) is 7.11 Å². The molecular weight excluding hydrogens is 210 g/mol. The Morgan fingerprint density at radius 1 is 1.24 bits per heavy atom. The normalized spacial score (nSPS) is 14.4. The molecule has 2 atom stereocenters. The van der Waals surface area contributed by atoms with Gasteiger partial charge in [-0.2, -0.15) is 0 Å². The van der Waals surface area contributed by atoms with Gasteiger partial charge in [-0.1, -0.05) is 32.0 Å². The van der Waals surface area contributed by atoms with Crippen LogP contribution in [-0.4, -0.2) is 19.7 Å². The highest BCUT2D eigenvalue weighted by atomic mass is 16.5. The second-order valence-corrected chi connectivity index (χ2v) is 4.74. The zero-order valence-electron chi connectivity index (χ0n) is 11.5. The zero-order chi connectivity index (χ0) is 12.7. The van der Waals surface area contributed by atoms with Gasteiger partial charge in [0, 0.05) is 6.04 Å². The number of nitrogens with one attached hydrogen (secondary N) is 1. The summed E-state index contributed by atoms with van der Waals surface area (Å²) in [5.74, 6) is 1.61. The van der Waals surface area contributed by atoms with Gasteiger partial charge in [-0.25, -0.2) is 0 Å². The van der Waals surface area contributed by atoms with E-state index < -0.39 is 0 Å². The molecule has 0 amide bonds. The summed E-state index contributed by atoms with van der Waals surface area (Å²) in [6, 6.07) is 8.83. The van der Waals surface area contributed by atoms with Crippen molar-refractivity contribution in [3.8, 4) is 5.75 Å². The monoisotopic (exact) mass is 235 g/mol. The van der Waals surface area contributed by atoms with Crippen LogP contribution in [0.1, 0.15) is 32.8 Å². The van der Waals surface area contributed by atoms with Gasteiger partial charge in [0.15, 0.2) is 0 Å². The molecular formula is C15H25NO. The van der Waals surface area contributed by atoms with Crippen LogP contribution >= 0.6 is 0 Å². The SMILES string of the molecule is CCCNC(C)C(C)Cc1ccccc1OC. The minimum atomic E-state index is 0.542. The van der Waals surface area contributed by atoms with E-state index in [1.807, 2.05) is 12.1 Å². The maximum atomic E-state index is 5.39. The first-order chi connectivity index (χ1) is 8.19. The summed E-state index contributed by atoms with van der Waals surface area (Å²) < 4.78 is 5.39. The van der Waals surface area contributed by atoms with Gasteiger partial charge in [0.05, 0.1) is 7.11 Å². The van der Waals surface area contributed by atoms with Gasteiger partial charge in [0.2, 0.25) is 0 Å². The minimum Gasteiger partial charge on any atom is -0.496 e. The molecule has 0 bridgehead atoms. The second-order valence-electron chi connectivity index (χ2n) is 4.74. The number of methoxy groups -OCH3 is 1. The van der Waals surface area contributed by atoms with E-state index in [4.69, 9.17) is 4.74 Å². The molecule has 0 fully saturated rings. The lowest BCUT2D eigenvalue weighted by Gasteiger charge is -2.22. The third-order valence-corrected chi connectivity index (χ3v) is 3.30. The molecule has 0 aliphatic carbocycles. The Morgan fingerprint density at radius 2 is 1.94 bits per heavy atom. The highest BCUT2D eigenvalue weighted by Crippen LogP contribution is 2.22. The van der Waals surface area contributed by atoms with Crippen LogP contribution in [-0.2, 0) is 6.42 Å². The van der Waals surface area contributed by atoms with Crippen LogP contribution in [0.4, 0.5) is 0 Å². The fourth-order valence-corrected chi connectivity index (χ4v) is 1.97. The van der Waals surface area contributed by atoms with Gasteiger partial charge in [-0.05, 0) is 43.9 Å². The van der Waals surface area contributed by atoms with Crippen LogP contribution in [0.5, 0.6) is 5.75 Å². The van der Waals surface area contributed by atoms with Crippen molar-refractivity contribution >= 4 is 0 Å². The van der Waals surface area contributed by atoms with Crippen molar-refractivity contribution in [3.05, 3.63) is 29.8 Å². The van der Waals surface area contributed by atoms with Gasteiger partial charge in [-0.15, -0.1) is 0 Å². The molecule has 96 valence electrons. The maximum Gasteiger partial charge on any atom is 0.122 e. The average Bonchev–Trinajstić information content (AvgIpc) is 2.36. The Morgan fingerprint density at radius 3 is 2.59 bits per heavy atom. The van der Waals surface area contributed by atoms with Crippen molar-refractivity contribution in [3.63, 3.8) is 0 Å². The Hall–Kier alpha value is -1.02. The highest BCUT2D eigenvalue weighted by molar-refractivity contribution is 5.33. The van der Waals surface area contributed by atoms with Crippen LogP contribution in [0.15, 0.2) is 24.3 Å². The van der Waals surface area contributed by atoms with Crippen molar-refractivity contribution in [1.29, 1.82) is 0 Å². The summed E-state index contributed by atoms with van der Waals surface area (Å²) in [5.41, 5.74) is 1.30. The minimum absolute atomic E-state index is 0.542. The first kappa shape index (κ1) is 14.0. The summed E-state index contributed by atoms with van der Waals surface area (Å²) in [5, 5.41) is 3.55. The topological polar surface area (TPSA) is 21.3 Å². The van der Waals surface area contributed by atoms with Gasteiger partial charge in [-0.3, -0.25) is 0 Å². The molecule has 0 aliphatic heterocycles. The van der Waals surface area contributed by atoms with E-state index >= 15 is 0 Å². The lowest BCUT2D eigenvalue weighted by Crippen LogP contribution is -2.33. The van der Waals surface area contributed by atoms with Gasteiger partial charge in [0.1, 0.15) is 5.75 Å². The molecule has 17 heavy (non-hydrogen) atoms. The fourth-order valence-electron chi connectivity index (χ4n) is 1.97. The molecule has 1 aromatic rings. The Kier molecular flexibility index (Phi) is 6.06. The molecule has 0 radical (unpaired) electrons. The molecule has 2 heteroatoms. The van der Waals surface area contributed by atoms with Gasteiger partial charge in [0.25, 0.3) is 0 Å². The van der Waals surface area contributed by atoms with Crippen LogP contribution in [0, 0.1) is 5.92 Å². The van der Waals surface area contributed by atoms with E-state index in [0.717, 1.165) is 18.7 Å². The molecule has 1 N–H and O–H groups in total. The average molecular weight is 235 g/mol. The third-order valence-electron chi connectivity index (χ3n) is 3.30. The summed E-state index contributed by atoms with van der Waals surface area (Å²) >= 11 is 0. The summed E-state index contributed by atoms with van der Waals surface area (Å²) in [6.07, 6.45) is 2.24. The van der Waals surface area contributed by atoms with Crippen LogP contribution in [0.2, 0.25) is 0 Å². The highest BCUT2D eigenvalue weighted by Gasteiger charge is 2.13. The maximum absolute atomic E-state index is 5.39. The molecule has 0 saturated carbocycles. The molecule has 0 heterocycles. The smallest absolute Gasteiger partial charge is 0.122 e. The number of para-hydroxylation sites is 1. The summed E-state index contributed by atoms with van der Waals surface area (Å²) in [6.45, 7) is 7.84. The number of ether oxygens (including phenoxy) is 1. The Balaban J connectivity index is 2.57.